The molecule has 0 saturated carbocycles. The second-order valence-corrected chi connectivity index (χ2v) is 5.81. The van der Waals surface area contributed by atoms with E-state index in [9.17, 15) is 4.79 Å². The lowest BCUT2D eigenvalue weighted by Gasteiger charge is -2.07. The number of anilines is 1. The number of nitrogens with one attached hydrogen (secondary N) is 2. The van der Waals surface area contributed by atoms with Gasteiger partial charge in [-0.05, 0) is 54.9 Å². The molecule has 2 rings (SSSR count). The fraction of sp³-hybridized carbons (Fsp3) is 0.235. The van der Waals surface area contributed by atoms with E-state index in [0.29, 0.717) is 18.0 Å². The molecule has 2 aromatic rings. The van der Waals surface area contributed by atoms with E-state index in [-0.39, 0.29) is 5.91 Å². The van der Waals surface area contributed by atoms with Gasteiger partial charge in [0.25, 0.3) is 0 Å². The quantitative estimate of drug-likeness (QED) is 0.745. The van der Waals surface area contributed by atoms with Crippen LogP contribution in [0.2, 0.25) is 10.0 Å². The summed E-state index contributed by atoms with van der Waals surface area (Å²) in [5.74, 6) is -0.0161. The molecule has 0 aliphatic rings. The van der Waals surface area contributed by atoms with Crippen LogP contribution in [0.3, 0.4) is 0 Å². The van der Waals surface area contributed by atoms with E-state index in [4.69, 9.17) is 23.2 Å². The van der Waals surface area contributed by atoms with E-state index < -0.39 is 0 Å². The molecule has 0 aromatic heterocycles. The third kappa shape index (κ3) is 6.06. The van der Waals surface area contributed by atoms with Crippen molar-refractivity contribution in [3.63, 3.8) is 0 Å². The van der Waals surface area contributed by atoms with Gasteiger partial charge in [-0.3, -0.25) is 4.79 Å². The van der Waals surface area contributed by atoms with Crippen LogP contribution in [0.5, 0.6) is 0 Å². The monoisotopic (exact) mass is 336 g/mol. The van der Waals surface area contributed by atoms with E-state index in [1.54, 1.807) is 24.3 Å². The van der Waals surface area contributed by atoms with Crippen molar-refractivity contribution in [2.75, 3.05) is 18.4 Å². The maximum Gasteiger partial charge on any atom is 0.225 e. The third-order valence-electron chi connectivity index (χ3n) is 3.14. The normalized spacial score (nSPS) is 10.5. The number of hydrogen-bond donors (Lipinski definition) is 2. The first kappa shape index (κ1) is 16.8. The van der Waals surface area contributed by atoms with Gasteiger partial charge in [-0.2, -0.15) is 0 Å². The van der Waals surface area contributed by atoms with Crippen LogP contribution in [0.4, 0.5) is 5.69 Å². The van der Waals surface area contributed by atoms with Crippen LogP contribution in [0, 0.1) is 0 Å². The highest BCUT2D eigenvalue weighted by atomic mass is 35.5. The molecule has 0 aliphatic heterocycles. The topological polar surface area (TPSA) is 41.1 Å². The highest BCUT2D eigenvalue weighted by molar-refractivity contribution is 6.30. The number of carbonyl (C=O) groups is 1. The Hall–Kier alpha value is -1.55. The van der Waals surface area contributed by atoms with E-state index in [1.807, 2.05) is 24.3 Å². The molecule has 2 N–H and O–H groups in total. The van der Waals surface area contributed by atoms with Gasteiger partial charge in [0.1, 0.15) is 0 Å². The Balaban J connectivity index is 1.62. The smallest absolute Gasteiger partial charge is 0.225 e. The molecule has 1 amide bonds. The van der Waals surface area contributed by atoms with Gasteiger partial charge in [-0.15, -0.1) is 0 Å². The molecule has 0 heterocycles. The molecule has 0 radical (unpaired) electrons. The van der Waals surface area contributed by atoms with Crippen molar-refractivity contribution in [2.24, 2.45) is 0 Å². The molecule has 0 unspecified atom stereocenters. The molecule has 0 saturated heterocycles. The summed E-state index contributed by atoms with van der Waals surface area (Å²) in [4.78, 5) is 11.8. The highest BCUT2D eigenvalue weighted by Crippen LogP contribution is 2.13. The first-order chi connectivity index (χ1) is 10.6. The Kier molecular flexibility index (Phi) is 6.72. The zero-order valence-corrected chi connectivity index (χ0v) is 13.6. The average molecular weight is 337 g/mol. The van der Waals surface area contributed by atoms with Crippen molar-refractivity contribution >= 4 is 34.8 Å². The first-order valence-electron chi connectivity index (χ1n) is 7.14. The van der Waals surface area contributed by atoms with Crippen LogP contribution in [0.25, 0.3) is 0 Å². The van der Waals surface area contributed by atoms with Gasteiger partial charge in [-0.25, -0.2) is 0 Å². The zero-order chi connectivity index (χ0) is 15.8. The summed E-state index contributed by atoms with van der Waals surface area (Å²) in [6, 6.07) is 14.9. The lowest BCUT2D eigenvalue weighted by atomic mass is 10.1. The summed E-state index contributed by atoms with van der Waals surface area (Å²) in [7, 11) is 0. The molecular weight excluding hydrogens is 319 g/mol. The van der Waals surface area contributed by atoms with Crippen molar-refractivity contribution in [1.82, 2.24) is 5.32 Å². The van der Waals surface area contributed by atoms with E-state index in [1.165, 1.54) is 5.56 Å². The molecule has 116 valence electrons. The lowest BCUT2D eigenvalue weighted by molar-refractivity contribution is -0.116. The summed E-state index contributed by atoms with van der Waals surface area (Å²) in [5.41, 5.74) is 1.94. The number of hydrogen-bond acceptors (Lipinski definition) is 2. The summed E-state index contributed by atoms with van der Waals surface area (Å²) in [6.07, 6.45) is 1.32. The number of carbonyl (C=O) groups excluding carboxylic acids is 1. The van der Waals surface area contributed by atoms with E-state index >= 15 is 0 Å². The molecule has 3 nitrogen and oxygen atoms in total. The molecule has 22 heavy (non-hydrogen) atoms. The van der Waals surface area contributed by atoms with Crippen LogP contribution in [-0.2, 0) is 11.2 Å². The van der Waals surface area contributed by atoms with Crippen molar-refractivity contribution in [1.29, 1.82) is 0 Å². The molecule has 0 bridgehead atoms. The predicted octanol–water partition coefficient (Wildman–Crippen LogP) is 4.15. The molecule has 0 aliphatic carbocycles. The number of benzene rings is 2. The Morgan fingerprint density at radius 1 is 0.955 bits per heavy atom. The fourth-order valence-corrected chi connectivity index (χ4v) is 2.35. The van der Waals surface area contributed by atoms with Crippen LogP contribution in [0.15, 0.2) is 48.5 Å². The summed E-state index contributed by atoms with van der Waals surface area (Å²) >= 11 is 11.7. The van der Waals surface area contributed by atoms with Crippen LogP contribution in [-0.4, -0.2) is 19.0 Å². The number of halogens is 2. The number of rotatable bonds is 7. The molecule has 0 fully saturated rings. The van der Waals surface area contributed by atoms with Crippen LogP contribution >= 0.6 is 23.2 Å². The van der Waals surface area contributed by atoms with Gasteiger partial charge in [0.2, 0.25) is 5.91 Å². The van der Waals surface area contributed by atoms with Gasteiger partial charge >= 0.3 is 0 Å². The van der Waals surface area contributed by atoms with Gasteiger partial charge in [-0.1, -0.05) is 35.3 Å². The van der Waals surface area contributed by atoms with Crippen LogP contribution < -0.4 is 10.6 Å². The zero-order valence-electron chi connectivity index (χ0n) is 12.1. The molecule has 5 heteroatoms. The van der Waals surface area contributed by atoms with Gasteiger partial charge in [0.05, 0.1) is 0 Å². The minimum Gasteiger partial charge on any atom is -0.326 e. The van der Waals surface area contributed by atoms with Gasteiger partial charge in [0, 0.05) is 28.7 Å². The minimum atomic E-state index is -0.0161. The second kappa shape index (κ2) is 8.79. The maximum atomic E-state index is 11.8. The largest absolute Gasteiger partial charge is 0.326 e. The SMILES string of the molecule is O=C(CCNCCc1cccc(Cl)c1)Nc1ccc(Cl)cc1. The molecular formula is C17H18Cl2N2O. The highest BCUT2D eigenvalue weighted by Gasteiger charge is 2.02. The Bertz CT molecular complexity index is 614. The van der Waals surface area contributed by atoms with E-state index in [2.05, 4.69) is 10.6 Å². The summed E-state index contributed by atoms with van der Waals surface area (Å²) < 4.78 is 0. The Labute approximate surface area is 140 Å². The minimum absolute atomic E-state index is 0.0161. The Morgan fingerprint density at radius 2 is 1.73 bits per heavy atom. The third-order valence-corrected chi connectivity index (χ3v) is 3.62. The predicted molar refractivity (Wildman–Crippen MR) is 92.7 cm³/mol. The van der Waals surface area contributed by atoms with Gasteiger partial charge in [0.15, 0.2) is 0 Å². The van der Waals surface area contributed by atoms with Crippen molar-refractivity contribution < 1.29 is 4.79 Å². The maximum absolute atomic E-state index is 11.8. The summed E-state index contributed by atoms with van der Waals surface area (Å²) in [6.45, 7) is 1.45. The summed E-state index contributed by atoms with van der Waals surface area (Å²) in [5, 5.41) is 7.49. The fourth-order valence-electron chi connectivity index (χ4n) is 2.01. The van der Waals surface area contributed by atoms with Crippen molar-refractivity contribution in [2.45, 2.75) is 12.8 Å². The molecule has 0 atom stereocenters. The van der Waals surface area contributed by atoms with E-state index in [0.717, 1.165) is 23.7 Å². The number of amides is 1. The lowest BCUT2D eigenvalue weighted by Crippen LogP contribution is -2.23. The Morgan fingerprint density at radius 3 is 2.45 bits per heavy atom. The molecule has 0 spiro atoms. The van der Waals surface area contributed by atoms with Crippen molar-refractivity contribution in [3.05, 3.63) is 64.1 Å². The first-order valence-corrected chi connectivity index (χ1v) is 7.89. The standard InChI is InChI=1S/C17H18Cl2N2O/c18-14-4-6-16(7-5-14)21-17(22)9-11-20-10-8-13-2-1-3-15(19)12-13/h1-7,12,20H,8-11H2,(H,21,22). The second-order valence-electron chi connectivity index (χ2n) is 4.93. The van der Waals surface area contributed by atoms with Crippen molar-refractivity contribution in [3.8, 4) is 0 Å². The van der Waals surface area contributed by atoms with Gasteiger partial charge < -0.3 is 10.6 Å². The van der Waals surface area contributed by atoms with Crippen LogP contribution in [0.1, 0.15) is 12.0 Å². The average Bonchev–Trinajstić information content (AvgIpc) is 2.49. The molecule has 2 aromatic carbocycles.